The van der Waals surface area contributed by atoms with Crippen molar-refractivity contribution in [2.75, 3.05) is 5.32 Å². The average Bonchev–Trinajstić information content (AvgIpc) is 2.85. The number of nitrogens with one attached hydrogen (secondary N) is 1. The molecule has 2 aromatic rings. The van der Waals surface area contributed by atoms with E-state index in [2.05, 4.69) is 10.3 Å². The molecule has 8 heteroatoms. The number of aryl methyl sites for hydroxylation is 1. The van der Waals surface area contributed by atoms with Gasteiger partial charge in [0.25, 0.3) is 0 Å². The second-order valence-corrected chi connectivity index (χ2v) is 4.12. The molecule has 1 unspecified atom stereocenters. The largest absolute Gasteiger partial charge is 0.444 e. The van der Waals surface area contributed by atoms with Crippen LogP contribution in [-0.4, -0.2) is 4.98 Å². The number of anilines is 1. The minimum Gasteiger partial charge on any atom is -0.444 e. The lowest BCUT2D eigenvalue weighted by Crippen LogP contribution is -2.13. The third-order valence-corrected chi connectivity index (χ3v) is 2.58. The maximum atomic E-state index is 13.4. The zero-order valence-corrected chi connectivity index (χ0v) is 10.4. The van der Waals surface area contributed by atoms with E-state index in [0.717, 1.165) is 0 Å². The number of oxazole rings is 1. The van der Waals surface area contributed by atoms with Crippen LogP contribution in [0.15, 0.2) is 10.6 Å². The zero-order chi connectivity index (χ0) is 15.0. The molecule has 0 aliphatic carbocycles. The Kier molecular flexibility index (Phi) is 3.65. The van der Waals surface area contributed by atoms with Gasteiger partial charge in [0.05, 0.1) is 6.20 Å². The standard InChI is InChI=1S/C12H9F5N2O/c1-4-3-18-12(20-4)5(2)19-11-9(16)7(14)6(13)8(15)10(11)17/h3,5,19H,1-2H3. The number of halogens is 5. The van der Waals surface area contributed by atoms with Crippen LogP contribution in [0.3, 0.4) is 0 Å². The molecule has 0 bridgehead atoms. The smallest absolute Gasteiger partial charge is 0.216 e. The summed E-state index contributed by atoms with van der Waals surface area (Å²) in [6.45, 7) is 3.00. The minimum atomic E-state index is -2.20. The van der Waals surface area contributed by atoms with E-state index in [9.17, 15) is 22.0 Å². The van der Waals surface area contributed by atoms with Gasteiger partial charge in [0.1, 0.15) is 17.5 Å². The van der Waals surface area contributed by atoms with Crippen LogP contribution < -0.4 is 5.32 Å². The van der Waals surface area contributed by atoms with Crippen LogP contribution in [0.1, 0.15) is 24.6 Å². The maximum absolute atomic E-state index is 13.4. The van der Waals surface area contributed by atoms with Gasteiger partial charge >= 0.3 is 0 Å². The fourth-order valence-electron chi connectivity index (χ4n) is 1.58. The number of hydrogen-bond donors (Lipinski definition) is 1. The lowest BCUT2D eigenvalue weighted by atomic mass is 10.2. The van der Waals surface area contributed by atoms with Crippen LogP contribution in [0.2, 0.25) is 0 Å². The van der Waals surface area contributed by atoms with Gasteiger partial charge in [-0.05, 0) is 13.8 Å². The van der Waals surface area contributed by atoms with Crippen molar-refractivity contribution in [1.29, 1.82) is 0 Å². The first-order valence-electron chi connectivity index (χ1n) is 5.53. The van der Waals surface area contributed by atoms with Crippen LogP contribution >= 0.6 is 0 Å². The first-order chi connectivity index (χ1) is 9.32. The van der Waals surface area contributed by atoms with Crippen molar-refractivity contribution in [3.05, 3.63) is 46.9 Å². The summed E-state index contributed by atoms with van der Waals surface area (Å²) in [7, 11) is 0. The summed E-state index contributed by atoms with van der Waals surface area (Å²) < 4.78 is 70.9. The molecule has 0 spiro atoms. The predicted molar refractivity (Wildman–Crippen MR) is 59.5 cm³/mol. The SMILES string of the molecule is Cc1cnc(C(C)Nc2c(F)c(F)c(F)c(F)c2F)o1. The Morgan fingerprint density at radius 1 is 1.00 bits per heavy atom. The molecular weight excluding hydrogens is 283 g/mol. The molecule has 0 amide bonds. The highest BCUT2D eigenvalue weighted by molar-refractivity contribution is 5.48. The Bertz CT molecular complexity index is 627. The van der Waals surface area contributed by atoms with Crippen molar-refractivity contribution in [3.8, 4) is 0 Å². The molecule has 1 heterocycles. The Morgan fingerprint density at radius 3 is 1.95 bits per heavy atom. The van der Waals surface area contributed by atoms with E-state index in [4.69, 9.17) is 4.42 Å². The van der Waals surface area contributed by atoms with E-state index in [1.54, 1.807) is 6.92 Å². The molecule has 3 nitrogen and oxygen atoms in total. The Labute approximate surface area is 110 Å². The first kappa shape index (κ1) is 14.3. The fraction of sp³-hybridized carbons (Fsp3) is 0.250. The molecule has 1 N–H and O–H groups in total. The van der Waals surface area contributed by atoms with Gasteiger partial charge in [-0.1, -0.05) is 0 Å². The van der Waals surface area contributed by atoms with Gasteiger partial charge in [0.15, 0.2) is 23.3 Å². The number of benzene rings is 1. The number of nitrogens with zero attached hydrogens (tertiary/aromatic N) is 1. The second kappa shape index (κ2) is 5.10. The monoisotopic (exact) mass is 292 g/mol. The topological polar surface area (TPSA) is 38.1 Å². The average molecular weight is 292 g/mol. The van der Waals surface area contributed by atoms with E-state index in [1.165, 1.54) is 13.1 Å². The van der Waals surface area contributed by atoms with Crippen molar-refractivity contribution >= 4 is 5.69 Å². The lowest BCUT2D eigenvalue weighted by molar-refractivity contribution is 0.379. The molecule has 1 atom stereocenters. The van der Waals surface area contributed by atoms with Gasteiger partial charge in [0.2, 0.25) is 11.7 Å². The molecule has 0 saturated carbocycles. The van der Waals surface area contributed by atoms with E-state index in [-0.39, 0.29) is 5.89 Å². The van der Waals surface area contributed by atoms with Crippen molar-refractivity contribution < 1.29 is 26.4 Å². The molecule has 1 aromatic heterocycles. The third-order valence-electron chi connectivity index (χ3n) is 2.58. The van der Waals surface area contributed by atoms with Gasteiger partial charge in [-0.25, -0.2) is 26.9 Å². The van der Waals surface area contributed by atoms with Gasteiger partial charge < -0.3 is 9.73 Å². The van der Waals surface area contributed by atoms with Crippen LogP contribution in [-0.2, 0) is 0 Å². The van der Waals surface area contributed by atoms with Crippen LogP contribution in [0.5, 0.6) is 0 Å². The van der Waals surface area contributed by atoms with Gasteiger partial charge in [0, 0.05) is 0 Å². The summed E-state index contributed by atoms with van der Waals surface area (Å²) in [5.74, 6) is -9.58. The summed E-state index contributed by atoms with van der Waals surface area (Å²) in [4.78, 5) is 3.80. The molecule has 108 valence electrons. The predicted octanol–water partition coefficient (Wildman–Crippen LogP) is 3.85. The van der Waals surface area contributed by atoms with Crippen molar-refractivity contribution in [1.82, 2.24) is 4.98 Å². The molecule has 1 aromatic carbocycles. The number of rotatable bonds is 3. The van der Waals surface area contributed by atoms with Crippen LogP contribution in [0.4, 0.5) is 27.6 Å². The van der Waals surface area contributed by atoms with E-state index in [0.29, 0.717) is 5.76 Å². The van der Waals surface area contributed by atoms with E-state index in [1.807, 2.05) is 0 Å². The zero-order valence-electron chi connectivity index (χ0n) is 10.4. The molecule has 0 radical (unpaired) electrons. The molecule has 2 rings (SSSR count). The molecule has 20 heavy (non-hydrogen) atoms. The summed E-state index contributed by atoms with van der Waals surface area (Å²) in [5.41, 5.74) is -1.12. The Morgan fingerprint density at radius 2 is 1.50 bits per heavy atom. The van der Waals surface area contributed by atoms with Gasteiger partial charge in [-0.3, -0.25) is 0 Å². The van der Waals surface area contributed by atoms with E-state index < -0.39 is 40.8 Å². The van der Waals surface area contributed by atoms with Gasteiger partial charge in [-0.15, -0.1) is 0 Å². The highest BCUT2D eigenvalue weighted by Gasteiger charge is 2.27. The Hall–Kier alpha value is -2.12. The highest BCUT2D eigenvalue weighted by Crippen LogP contribution is 2.29. The maximum Gasteiger partial charge on any atom is 0.216 e. The lowest BCUT2D eigenvalue weighted by Gasteiger charge is -2.14. The summed E-state index contributed by atoms with van der Waals surface area (Å²) >= 11 is 0. The third kappa shape index (κ3) is 2.33. The number of hydrogen-bond acceptors (Lipinski definition) is 3. The number of aromatic nitrogens is 1. The summed E-state index contributed by atoms with van der Waals surface area (Å²) in [6, 6.07) is -0.878. The highest BCUT2D eigenvalue weighted by atomic mass is 19.2. The van der Waals surface area contributed by atoms with Crippen molar-refractivity contribution in [2.24, 2.45) is 0 Å². The first-order valence-corrected chi connectivity index (χ1v) is 5.53. The fourth-order valence-corrected chi connectivity index (χ4v) is 1.58. The normalized spacial score (nSPS) is 12.6. The second-order valence-electron chi connectivity index (χ2n) is 4.12. The van der Waals surface area contributed by atoms with Crippen LogP contribution in [0.25, 0.3) is 0 Å². The van der Waals surface area contributed by atoms with E-state index >= 15 is 0 Å². The molecule has 0 saturated heterocycles. The summed E-state index contributed by atoms with van der Waals surface area (Å²) in [5, 5.41) is 2.16. The Balaban J connectivity index is 2.39. The van der Waals surface area contributed by atoms with Crippen molar-refractivity contribution in [3.63, 3.8) is 0 Å². The molecule has 0 aliphatic rings. The summed E-state index contributed by atoms with van der Waals surface area (Å²) in [6.07, 6.45) is 1.37. The molecule has 0 fully saturated rings. The van der Waals surface area contributed by atoms with Crippen molar-refractivity contribution in [2.45, 2.75) is 19.9 Å². The van der Waals surface area contributed by atoms with Gasteiger partial charge in [-0.2, -0.15) is 0 Å². The molecule has 0 aliphatic heterocycles. The van der Waals surface area contributed by atoms with Crippen LogP contribution in [0, 0.1) is 36.0 Å². The molecular formula is C12H9F5N2O. The minimum absolute atomic E-state index is 0.0615. The quantitative estimate of drug-likeness (QED) is 0.530.